The third-order valence-electron chi connectivity index (χ3n) is 19.8. The molecule has 14 nitrogen and oxygen atoms in total. The minimum Gasteiger partial charge on any atom is -0.508 e. The number of benzene rings is 7. The highest BCUT2D eigenvalue weighted by Gasteiger charge is 2.16. The van der Waals surface area contributed by atoms with E-state index in [0.717, 1.165) is 91.1 Å². The molecule has 0 saturated heterocycles. The van der Waals surface area contributed by atoms with Crippen molar-refractivity contribution in [2.45, 2.75) is 155 Å². The van der Waals surface area contributed by atoms with Crippen LogP contribution in [0.3, 0.4) is 0 Å². The first kappa shape index (κ1) is 101. The van der Waals surface area contributed by atoms with Gasteiger partial charge in [-0.1, -0.05) is 133 Å². The molecule has 3 N–H and O–H groups in total. The number of alkyl halides is 1. The van der Waals surface area contributed by atoms with Crippen LogP contribution in [0.5, 0.6) is 40.2 Å². The molecule has 113 heavy (non-hydrogen) atoms. The zero-order valence-electron chi connectivity index (χ0n) is 71.4. The average molecular weight is 1560 g/mol. The monoisotopic (exact) mass is 1550 g/mol. The van der Waals surface area contributed by atoms with E-state index < -0.39 is 0 Å². The van der Waals surface area contributed by atoms with Gasteiger partial charge in [-0.05, 0) is 266 Å². The molecule has 0 saturated carbocycles. The SMILES string of the molecule is C#CCN(C)C(C)Cc1ccc(O)c(CC)c1.C#CCN(C)C(C)Cc1ccc(O)c(CCl)c1.C#CCN(C)C(C)Cc1ccc(O)cc1.C#CCN(C)C(C)Cc1ccc(OC)cc1.C#CCN(C)C(C)Cc1ccc(OC)cc1.C#CCN(C)C(C)Cc1ccc(OC)cc1.C#CCN(C)C(C)Cc1ccc(OC)cc1. The Morgan fingerprint density at radius 1 is 0.292 bits per heavy atom. The molecule has 15 heteroatoms. The first-order chi connectivity index (χ1) is 54.0. The molecule has 0 aromatic heterocycles. The minimum atomic E-state index is 0.258. The number of likely N-dealkylation sites (N-methyl/N-ethyl adjacent to an activating group) is 7. The number of phenolic OH excluding ortho intramolecular Hbond substituents is 3. The van der Waals surface area contributed by atoms with Gasteiger partial charge in [-0.15, -0.1) is 56.6 Å². The van der Waals surface area contributed by atoms with Gasteiger partial charge in [0.2, 0.25) is 0 Å². The Kier molecular flexibility index (Phi) is 52.7. The summed E-state index contributed by atoms with van der Waals surface area (Å²) in [6, 6.07) is 54.4. The van der Waals surface area contributed by atoms with Crippen LogP contribution in [-0.4, -0.2) is 215 Å². The first-order valence-corrected chi connectivity index (χ1v) is 38.9. The van der Waals surface area contributed by atoms with Crippen molar-refractivity contribution in [2.75, 3.05) is 124 Å². The van der Waals surface area contributed by atoms with Crippen molar-refractivity contribution in [1.29, 1.82) is 0 Å². The van der Waals surface area contributed by atoms with Gasteiger partial charge in [0.25, 0.3) is 0 Å². The molecule has 7 rings (SSSR count). The number of halogens is 1. The smallest absolute Gasteiger partial charge is 0.119 e. The van der Waals surface area contributed by atoms with Gasteiger partial charge in [0, 0.05) is 47.9 Å². The predicted molar refractivity (Wildman–Crippen MR) is 478 cm³/mol. The standard InChI is InChI=1S/C15H21NO.C14H18ClNO.4C14H19NO.C13H17NO/c1-5-9-16(4)12(3)10-13-7-8-15(17)14(6-2)11-13;1-4-7-16(3)11(2)8-12-5-6-14(17)13(9-12)10-15;4*1-5-10-15(3)12(2)11-13-6-8-14(16-4)9-7-13;1-4-9-14(3)11(2)10-12-5-7-13(15)8-6-12/h1,7-8,11-12,17H,6,9-10H2,2-4H3;1,5-6,9,11,17H,7-8,10H2,2-3H3;4*1,6-9,12H,10-11H2,2-4H3;1,5-8,11,15H,9-10H2,2-3H3. The Morgan fingerprint density at radius 3 is 0.655 bits per heavy atom. The number of hydrogen-bond donors (Lipinski definition) is 3. The van der Waals surface area contributed by atoms with E-state index in [1.165, 1.54) is 33.4 Å². The number of nitrogens with zero attached hydrogens (tertiary/aromatic N) is 7. The molecule has 0 bridgehead atoms. The molecule has 7 atom stereocenters. The molecule has 0 aliphatic carbocycles. The van der Waals surface area contributed by atoms with Gasteiger partial charge >= 0.3 is 0 Å². The van der Waals surface area contributed by atoms with E-state index in [1.54, 1.807) is 52.7 Å². The largest absolute Gasteiger partial charge is 0.508 e. The van der Waals surface area contributed by atoms with Crippen molar-refractivity contribution in [2.24, 2.45) is 0 Å². The summed E-state index contributed by atoms with van der Waals surface area (Å²) in [4.78, 5) is 15.1. The lowest BCUT2D eigenvalue weighted by molar-refractivity contribution is 0.287. The summed E-state index contributed by atoms with van der Waals surface area (Å²) in [7, 11) is 21.0. The van der Waals surface area contributed by atoms with Crippen LogP contribution in [0, 0.1) is 86.4 Å². The van der Waals surface area contributed by atoms with Crippen LogP contribution in [-0.2, 0) is 57.2 Å². The second-order valence-electron chi connectivity index (χ2n) is 28.7. The molecule has 7 aromatic rings. The Labute approximate surface area is 689 Å². The van der Waals surface area contributed by atoms with Crippen LogP contribution in [0.25, 0.3) is 0 Å². The van der Waals surface area contributed by atoms with Gasteiger partial charge in [-0.2, -0.15) is 0 Å². The Bertz CT molecular complexity index is 3650. The highest BCUT2D eigenvalue weighted by molar-refractivity contribution is 6.17. The fourth-order valence-corrected chi connectivity index (χ4v) is 11.4. The molecule has 0 spiro atoms. The Morgan fingerprint density at radius 2 is 0.469 bits per heavy atom. The van der Waals surface area contributed by atoms with Crippen LogP contribution in [0.2, 0.25) is 0 Å². The number of phenols is 3. The lowest BCUT2D eigenvalue weighted by Gasteiger charge is -2.22. The molecule has 0 heterocycles. The molecule has 7 aromatic carbocycles. The molecule has 7 unspecified atom stereocenters. The topological polar surface area (TPSA) is 120 Å². The quantitative estimate of drug-likeness (QED) is 0.0262. The molecule has 0 amide bonds. The number of rotatable bonds is 34. The van der Waals surface area contributed by atoms with Gasteiger partial charge in [-0.25, -0.2) is 0 Å². The first-order valence-electron chi connectivity index (χ1n) is 38.4. The lowest BCUT2D eigenvalue weighted by atomic mass is 10.0. The van der Waals surface area contributed by atoms with E-state index in [-0.39, 0.29) is 5.75 Å². The zero-order valence-corrected chi connectivity index (χ0v) is 72.1. The van der Waals surface area contributed by atoms with Crippen molar-refractivity contribution in [3.05, 3.63) is 208 Å². The molecule has 0 fully saturated rings. The van der Waals surface area contributed by atoms with Crippen molar-refractivity contribution >= 4 is 11.6 Å². The number of hydrogen-bond acceptors (Lipinski definition) is 14. The number of methoxy groups -OCH3 is 4. The van der Waals surface area contributed by atoms with E-state index in [4.69, 9.17) is 80.6 Å². The maximum atomic E-state index is 9.63. The predicted octanol–water partition coefficient (Wildman–Crippen LogP) is 15.7. The van der Waals surface area contributed by atoms with Crippen LogP contribution >= 0.6 is 11.6 Å². The zero-order chi connectivity index (χ0) is 84.8. The normalized spacial score (nSPS) is 12.3. The van der Waals surface area contributed by atoms with E-state index in [0.29, 0.717) is 105 Å². The molecular weight excluding hydrogens is 1420 g/mol. The highest BCUT2D eigenvalue weighted by Crippen LogP contribution is 2.24. The summed E-state index contributed by atoms with van der Waals surface area (Å²) in [6.07, 6.45) is 44.7. The molecule has 608 valence electrons. The maximum absolute atomic E-state index is 9.63. The average Bonchev–Trinajstić information content (AvgIpc) is 0.890. The van der Waals surface area contributed by atoms with Crippen molar-refractivity contribution in [1.82, 2.24) is 34.3 Å². The van der Waals surface area contributed by atoms with E-state index >= 15 is 0 Å². The van der Waals surface area contributed by atoms with Gasteiger partial charge in [0.1, 0.15) is 40.2 Å². The van der Waals surface area contributed by atoms with E-state index in [1.807, 2.05) is 135 Å². The van der Waals surface area contributed by atoms with Crippen LogP contribution < -0.4 is 18.9 Å². The van der Waals surface area contributed by atoms with Gasteiger partial charge in [0.15, 0.2) is 0 Å². The minimum absolute atomic E-state index is 0.258. The number of terminal acetylenes is 7. The summed E-state index contributed by atoms with van der Waals surface area (Å²) in [6.45, 7) is 22.0. The van der Waals surface area contributed by atoms with Crippen LogP contribution in [0.15, 0.2) is 158 Å². The van der Waals surface area contributed by atoms with Gasteiger partial charge < -0.3 is 34.3 Å². The van der Waals surface area contributed by atoms with Gasteiger partial charge in [0.05, 0.1) is 80.1 Å². The molecule has 0 aliphatic heterocycles. The number of ether oxygens (including phenoxy) is 4. The van der Waals surface area contributed by atoms with Crippen molar-refractivity contribution in [3.63, 3.8) is 0 Å². The fourth-order valence-electron chi connectivity index (χ4n) is 11.2. The second kappa shape index (κ2) is 58.9. The fraction of sp³-hybridized carbons (Fsp3) is 0.429. The third-order valence-corrected chi connectivity index (χ3v) is 20.0. The number of aryl methyl sites for hydroxylation is 1. The summed E-state index contributed by atoms with van der Waals surface area (Å²) in [5.41, 5.74) is 10.6. The summed E-state index contributed by atoms with van der Waals surface area (Å²) >= 11 is 5.76. The molecular formula is C98H132ClN7O7. The lowest BCUT2D eigenvalue weighted by Crippen LogP contribution is -2.31. The van der Waals surface area contributed by atoms with Crippen molar-refractivity contribution in [3.8, 4) is 127 Å². The second-order valence-corrected chi connectivity index (χ2v) is 28.9. The Balaban J connectivity index is 0.000000659. The summed E-state index contributed by atoms with van der Waals surface area (Å²) in [5.74, 6) is 23.4. The Hall–Kier alpha value is -9.93. The molecule has 0 aliphatic rings. The van der Waals surface area contributed by atoms with Crippen LogP contribution in [0.4, 0.5) is 0 Å². The van der Waals surface area contributed by atoms with E-state index in [9.17, 15) is 10.2 Å². The van der Waals surface area contributed by atoms with Gasteiger partial charge in [-0.3, -0.25) is 34.3 Å². The van der Waals surface area contributed by atoms with Crippen LogP contribution in [0.1, 0.15) is 105 Å². The number of aromatic hydroxyl groups is 3. The van der Waals surface area contributed by atoms with E-state index in [2.05, 4.69) is 179 Å². The summed E-state index contributed by atoms with van der Waals surface area (Å²) in [5, 5.41) is 28.3. The van der Waals surface area contributed by atoms with Crippen molar-refractivity contribution < 1.29 is 34.3 Å². The maximum Gasteiger partial charge on any atom is 0.119 e. The summed E-state index contributed by atoms with van der Waals surface area (Å²) < 4.78 is 20.5. The molecule has 0 radical (unpaired) electrons. The third kappa shape index (κ3) is 42.5. The highest BCUT2D eigenvalue weighted by atomic mass is 35.5.